The summed E-state index contributed by atoms with van der Waals surface area (Å²) in [4.78, 5) is 22.3. The summed E-state index contributed by atoms with van der Waals surface area (Å²) in [6.45, 7) is 1.97. The van der Waals surface area contributed by atoms with E-state index in [1.807, 2.05) is 6.92 Å². The minimum Gasteiger partial charge on any atom is -0.351 e. The maximum Gasteiger partial charge on any atom is 0.316 e. The zero-order chi connectivity index (χ0) is 13.5. The molecule has 19 heavy (non-hydrogen) atoms. The van der Waals surface area contributed by atoms with Gasteiger partial charge in [-0.2, -0.15) is 0 Å². The Morgan fingerprint density at radius 3 is 2.05 bits per heavy atom. The van der Waals surface area contributed by atoms with Crippen molar-refractivity contribution in [2.75, 3.05) is 10.6 Å². The van der Waals surface area contributed by atoms with Gasteiger partial charge in [-0.1, -0.05) is 13.3 Å². The van der Waals surface area contributed by atoms with Gasteiger partial charge in [0.2, 0.25) is 5.91 Å². The number of rotatable bonds is 5. The van der Waals surface area contributed by atoms with Crippen molar-refractivity contribution in [3.8, 4) is 0 Å². The first-order chi connectivity index (χ1) is 8.52. The zero-order valence-electron chi connectivity index (χ0n) is 10.7. The van der Waals surface area contributed by atoms with Crippen LogP contribution in [0, 0.1) is 0 Å². The molecule has 1 aromatic rings. The fraction of sp³-hybridized carbons (Fsp3) is 0.333. The number of nitrogens with two attached hydrogens (primary N) is 2. The van der Waals surface area contributed by atoms with Crippen LogP contribution < -0.4 is 22.1 Å². The van der Waals surface area contributed by atoms with Gasteiger partial charge in [-0.15, -0.1) is 12.4 Å². The highest BCUT2D eigenvalue weighted by Gasteiger charge is 2.11. The summed E-state index contributed by atoms with van der Waals surface area (Å²) in [5.41, 5.74) is 11.9. The van der Waals surface area contributed by atoms with Crippen molar-refractivity contribution >= 4 is 35.7 Å². The quantitative estimate of drug-likeness (QED) is 0.660. The van der Waals surface area contributed by atoms with E-state index in [2.05, 4.69) is 10.6 Å². The van der Waals surface area contributed by atoms with Gasteiger partial charge in [-0.25, -0.2) is 4.79 Å². The van der Waals surface area contributed by atoms with Gasteiger partial charge in [0.05, 0.1) is 6.04 Å². The van der Waals surface area contributed by atoms with Crippen LogP contribution in [0.2, 0.25) is 0 Å². The van der Waals surface area contributed by atoms with E-state index < -0.39 is 12.1 Å². The third-order valence-corrected chi connectivity index (χ3v) is 2.36. The van der Waals surface area contributed by atoms with E-state index in [-0.39, 0.29) is 18.3 Å². The van der Waals surface area contributed by atoms with Crippen molar-refractivity contribution in [1.82, 2.24) is 0 Å². The van der Waals surface area contributed by atoms with E-state index >= 15 is 0 Å². The van der Waals surface area contributed by atoms with Gasteiger partial charge < -0.3 is 22.1 Å². The summed E-state index contributed by atoms with van der Waals surface area (Å²) < 4.78 is 0. The SMILES string of the molecule is CCCC(N)C(=O)Nc1ccc(NC(N)=O)cc1.Cl. The molecule has 0 aliphatic carbocycles. The van der Waals surface area contributed by atoms with E-state index in [1.165, 1.54) is 0 Å². The molecule has 6 N–H and O–H groups in total. The number of carbonyl (C=O) groups excluding carboxylic acids is 2. The Kier molecular flexibility index (Phi) is 7.55. The first-order valence-electron chi connectivity index (χ1n) is 5.76. The normalized spacial score (nSPS) is 11.1. The van der Waals surface area contributed by atoms with Gasteiger partial charge in [-0.3, -0.25) is 4.79 Å². The molecule has 0 radical (unpaired) electrons. The number of carbonyl (C=O) groups is 2. The highest BCUT2D eigenvalue weighted by molar-refractivity contribution is 5.95. The van der Waals surface area contributed by atoms with E-state index in [4.69, 9.17) is 11.5 Å². The monoisotopic (exact) mass is 286 g/mol. The molecule has 0 aromatic heterocycles. The van der Waals surface area contributed by atoms with Crippen LogP contribution in [0.25, 0.3) is 0 Å². The fourth-order valence-electron chi connectivity index (χ4n) is 1.46. The topological polar surface area (TPSA) is 110 Å². The second-order valence-corrected chi connectivity index (χ2v) is 3.95. The van der Waals surface area contributed by atoms with Crippen LogP contribution in [-0.2, 0) is 4.79 Å². The first kappa shape index (κ1) is 17.2. The number of hydrogen-bond acceptors (Lipinski definition) is 3. The molecular weight excluding hydrogens is 268 g/mol. The van der Waals surface area contributed by atoms with Gasteiger partial charge in [0.15, 0.2) is 0 Å². The molecule has 1 atom stereocenters. The molecule has 0 bridgehead atoms. The van der Waals surface area contributed by atoms with Crippen molar-refractivity contribution in [2.24, 2.45) is 11.5 Å². The number of benzene rings is 1. The number of primary amides is 1. The molecule has 6 nitrogen and oxygen atoms in total. The number of hydrogen-bond donors (Lipinski definition) is 4. The zero-order valence-corrected chi connectivity index (χ0v) is 11.5. The lowest BCUT2D eigenvalue weighted by Crippen LogP contribution is -2.35. The molecule has 0 heterocycles. The molecule has 0 aliphatic rings. The lowest BCUT2D eigenvalue weighted by atomic mass is 10.1. The van der Waals surface area contributed by atoms with Crippen LogP contribution in [0.1, 0.15) is 19.8 Å². The van der Waals surface area contributed by atoms with Crippen LogP contribution in [0.3, 0.4) is 0 Å². The number of nitrogens with one attached hydrogen (secondary N) is 2. The molecule has 0 saturated carbocycles. The molecule has 0 aliphatic heterocycles. The minimum absolute atomic E-state index is 0. The fourth-order valence-corrected chi connectivity index (χ4v) is 1.46. The highest BCUT2D eigenvalue weighted by Crippen LogP contribution is 2.13. The van der Waals surface area contributed by atoms with Crippen molar-refractivity contribution in [3.63, 3.8) is 0 Å². The maximum absolute atomic E-state index is 11.6. The Balaban J connectivity index is 0.00000324. The van der Waals surface area contributed by atoms with E-state index in [9.17, 15) is 9.59 Å². The third kappa shape index (κ3) is 6.08. The van der Waals surface area contributed by atoms with Crippen LogP contribution >= 0.6 is 12.4 Å². The van der Waals surface area contributed by atoms with Crippen LogP contribution in [0.15, 0.2) is 24.3 Å². The number of urea groups is 1. The number of amides is 3. The average molecular weight is 287 g/mol. The van der Waals surface area contributed by atoms with Crippen LogP contribution in [0.4, 0.5) is 16.2 Å². The van der Waals surface area contributed by atoms with Crippen molar-refractivity contribution in [2.45, 2.75) is 25.8 Å². The summed E-state index contributed by atoms with van der Waals surface area (Å²) in [5.74, 6) is -0.215. The highest BCUT2D eigenvalue weighted by atomic mass is 35.5. The second kappa shape index (κ2) is 8.34. The standard InChI is InChI=1S/C12H18N4O2.ClH/c1-2-3-10(13)11(17)15-8-4-6-9(7-5-8)16-12(14)18;/h4-7,10H,2-3,13H2,1H3,(H,15,17)(H3,14,16,18);1H. The molecular formula is C12H19ClN4O2. The molecule has 0 fully saturated rings. The smallest absolute Gasteiger partial charge is 0.316 e. The van der Waals surface area contributed by atoms with Crippen molar-refractivity contribution < 1.29 is 9.59 Å². The van der Waals surface area contributed by atoms with Gasteiger partial charge in [0, 0.05) is 11.4 Å². The Morgan fingerprint density at radius 2 is 1.63 bits per heavy atom. The lowest BCUT2D eigenvalue weighted by Gasteiger charge is -2.11. The summed E-state index contributed by atoms with van der Waals surface area (Å²) >= 11 is 0. The summed E-state index contributed by atoms with van der Waals surface area (Å²) in [6.07, 6.45) is 1.50. The molecule has 3 amide bonds. The van der Waals surface area contributed by atoms with Gasteiger partial charge in [0.1, 0.15) is 0 Å². The van der Waals surface area contributed by atoms with Gasteiger partial charge in [-0.05, 0) is 30.7 Å². The van der Waals surface area contributed by atoms with Crippen LogP contribution in [0.5, 0.6) is 0 Å². The summed E-state index contributed by atoms with van der Waals surface area (Å²) in [6, 6.07) is 5.50. The number of halogens is 1. The average Bonchev–Trinajstić information content (AvgIpc) is 2.31. The summed E-state index contributed by atoms with van der Waals surface area (Å²) in [5, 5.41) is 5.13. The van der Waals surface area contributed by atoms with Crippen molar-refractivity contribution in [3.05, 3.63) is 24.3 Å². The predicted molar refractivity (Wildman–Crippen MR) is 78.4 cm³/mol. The molecule has 1 rings (SSSR count). The van der Waals surface area contributed by atoms with Gasteiger partial charge in [0.25, 0.3) is 0 Å². The molecule has 0 spiro atoms. The third-order valence-electron chi connectivity index (χ3n) is 2.36. The number of anilines is 2. The second-order valence-electron chi connectivity index (χ2n) is 3.95. The summed E-state index contributed by atoms with van der Waals surface area (Å²) in [7, 11) is 0. The van der Waals surface area contributed by atoms with Crippen LogP contribution in [-0.4, -0.2) is 18.0 Å². The maximum atomic E-state index is 11.6. The largest absolute Gasteiger partial charge is 0.351 e. The Bertz CT molecular complexity index is 422. The molecule has 1 aromatic carbocycles. The Labute approximate surface area is 118 Å². The molecule has 106 valence electrons. The molecule has 1 unspecified atom stereocenters. The molecule has 0 saturated heterocycles. The van der Waals surface area contributed by atoms with E-state index in [0.717, 1.165) is 6.42 Å². The predicted octanol–water partition coefficient (Wildman–Crippen LogP) is 1.66. The lowest BCUT2D eigenvalue weighted by molar-refractivity contribution is -0.117. The minimum atomic E-state index is -0.628. The van der Waals surface area contributed by atoms with Crippen molar-refractivity contribution in [1.29, 1.82) is 0 Å². The van der Waals surface area contributed by atoms with E-state index in [0.29, 0.717) is 17.8 Å². The first-order valence-corrected chi connectivity index (χ1v) is 5.76. The Hall–Kier alpha value is -1.79. The molecule has 7 heteroatoms. The van der Waals surface area contributed by atoms with E-state index in [1.54, 1.807) is 24.3 Å². The Morgan fingerprint density at radius 1 is 1.16 bits per heavy atom. The van der Waals surface area contributed by atoms with Gasteiger partial charge >= 0.3 is 6.03 Å².